The monoisotopic (exact) mass is 124 g/mol. The molecule has 1 fully saturated rings. The zero-order valence-corrected chi connectivity index (χ0v) is 5.64. The lowest BCUT2D eigenvalue weighted by Gasteiger charge is -2.28. The number of rotatable bonds is 1. The molecule has 1 aliphatic rings. The summed E-state index contributed by atoms with van der Waals surface area (Å²) in [6.07, 6.45) is 4.79. The van der Waals surface area contributed by atoms with Crippen molar-refractivity contribution in [2.24, 2.45) is 5.73 Å². The Balaban J connectivity index is 2.30. The summed E-state index contributed by atoms with van der Waals surface area (Å²) in [6, 6.07) is 0.641. The molecule has 0 bridgehead atoms. The van der Waals surface area contributed by atoms with E-state index in [1.54, 1.807) is 0 Å². The lowest BCUT2D eigenvalue weighted by Crippen LogP contribution is -2.45. The van der Waals surface area contributed by atoms with Crippen molar-refractivity contribution in [3.63, 3.8) is 0 Å². The molecule has 1 saturated carbocycles. The second kappa shape index (κ2) is 3.23. The molecule has 0 amide bonds. The van der Waals surface area contributed by atoms with E-state index in [1.165, 1.54) is 12.8 Å². The van der Waals surface area contributed by atoms with Gasteiger partial charge in [-0.25, -0.2) is 0 Å². The topological polar surface area (TPSA) is 38.0 Å². The molecular weight excluding hydrogens is 111 g/mol. The van der Waals surface area contributed by atoms with Crippen LogP contribution in [0.3, 0.4) is 0 Å². The molecule has 0 aliphatic heterocycles. The molecule has 3 heteroatoms. The van der Waals surface area contributed by atoms with Crippen molar-refractivity contribution in [3.05, 3.63) is 0 Å². The third kappa shape index (κ3) is 1.70. The Hall–Kier alpha value is -0.0151. The minimum absolute atomic E-state index is 0.281. The van der Waals surface area contributed by atoms with Gasteiger partial charge in [0, 0.05) is 12.1 Å². The van der Waals surface area contributed by atoms with E-state index in [0.717, 1.165) is 12.8 Å². The lowest BCUT2D eigenvalue weighted by atomic mass is 9.90. The molecule has 1 aliphatic carbocycles. The van der Waals surface area contributed by atoms with Gasteiger partial charge >= 0.3 is 0 Å². The molecule has 0 aromatic carbocycles. The van der Waals surface area contributed by atoms with Gasteiger partial charge in [0.15, 0.2) is 7.98 Å². The van der Waals surface area contributed by atoms with E-state index in [1.807, 2.05) is 0 Å². The fourth-order valence-electron chi connectivity index (χ4n) is 1.37. The highest BCUT2D eigenvalue weighted by molar-refractivity contribution is 6.04. The predicted octanol–water partition coefficient (Wildman–Crippen LogP) is -0.0706. The maximum absolute atomic E-state index is 5.75. The summed E-state index contributed by atoms with van der Waals surface area (Å²) in [4.78, 5) is 0. The van der Waals surface area contributed by atoms with Gasteiger partial charge in [-0.1, -0.05) is 12.8 Å². The number of nitrogens with one attached hydrogen (secondary N) is 1. The van der Waals surface area contributed by atoms with Gasteiger partial charge in [-0.2, -0.15) is 0 Å². The molecule has 0 aromatic rings. The summed E-state index contributed by atoms with van der Waals surface area (Å²) in [5.41, 5.74) is 5.75. The average Bonchev–Trinajstić information content (AvgIpc) is 1.89. The Morgan fingerprint density at radius 1 is 1.33 bits per heavy atom. The first kappa shape index (κ1) is 7.10. The van der Waals surface area contributed by atoms with Crippen LogP contribution in [-0.4, -0.2) is 20.1 Å². The van der Waals surface area contributed by atoms with Gasteiger partial charge < -0.3 is 11.0 Å². The quantitative estimate of drug-likeness (QED) is 0.480. The summed E-state index contributed by atoms with van der Waals surface area (Å²) in [7, 11) is 5.26. The number of nitrogens with two attached hydrogens (primary N) is 1. The highest BCUT2D eigenvalue weighted by atomic mass is 14.9. The highest BCUT2D eigenvalue weighted by Crippen LogP contribution is 2.15. The fourth-order valence-corrected chi connectivity index (χ4v) is 1.37. The van der Waals surface area contributed by atoms with Crippen LogP contribution in [0, 0.1) is 0 Å². The Labute approximate surface area is 57.6 Å². The van der Waals surface area contributed by atoms with Crippen LogP contribution in [0.1, 0.15) is 25.7 Å². The van der Waals surface area contributed by atoms with Crippen LogP contribution in [0.25, 0.3) is 0 Å². The van der Waals surface area contributed by atoms with E-state index in [4.69, 9.17) is 13.7 Å². The Morgan fingerprint density at radius 3 is 2.44 bits per heavy atom. The van der Waals surface area contributed by atoms with E-state index in [-0.39, 0.29) is 6.04 Å². The van der Waals surface area contributed by atoms with Gasteiger partial charge in [0.1, 0.15) is 0 Å². The Morgan fingerprint density at radius 2 is 2.00 bits per heavy atom. The van der Waals surface area contributed by atoms with Crippen LogP contribution in [-0.2, 0) is 0 Å². The molecule has 0 unspecified atom stereocenters. The molecular formula is C6H13BN2. The number of hydrogen-bond donors (Lipinski definition) is 2. The Kier molecular flexibility index (Phi) is 2.55. The van der Waals surface area contributed by atoms with E-state index in [2.05, 4.69) is 5.23 Å². The Bertz CT molecular complexity index is 87.1. The third-order valence-electron chi connectivity index (χ3n) is 2.03. The van der Waals surface area contributed by atoms with Crippen molar-refractivity contribution >= 4 is 7.98 Å². The molecule has 50 valence electrons. The molecule has 2 radical (unpaired) electrons. The maximum atomic E-state index is 5.75. The minimum Gasteiger partial charge on any atom is -0.362 e. The first-order chi connectivity index (χ1) is 4.34. The fraction of sp³-hybridized carbons (Fsp3) is 1.00. The van der Waals surface area contributed by atoms with Gasteiger partial charge in [0.05, 0.1) is 0 Å². The lowest BCUT2D eigenvalue weighted by molar-refractivity contribution is 0.366. The van der Waals surface area contributed by atoms with E-state index in [9.17, 15) is 0 Å². The number of hydrogen-bond acceptors (Lipinski definition) is 2. The van der Waals surface area contributed by atoms with Gasteiger partial charge in [-0.05, 0) is 12.8 Å². The molecule has 0 saturated heterocycles. The molecule has 1 rings (SSSR count). The summed E-state index contributed by atoms with van der Waals surface area (Å²) in [6.45, 7) is 0. The molecule has 2 nitrogen and oxygen atoms in total. The van der Waals surface area contributed by atoms with Crippen LogP contribution >= 0.6 is 0 Å². The van der Waals surface area contributed by atoms with Gasteiger partial charge in [-0.3, -0.25) is 0 Å². The molecule has 3 N–H and O–H groups in total. The first-order valence-corrected chi connectivity index (χ1v) is 3.56. The van der Waals surface area contributed by atoms with Crippen LogP contribution < -0.4 is 11.0 Å². The molecule has 0 spiro atoms. The summed E-state index contributed by atoms with van der Waals surface area (Å²) in [5, 5.41) is 2.73. The zero-order chi connectivity index (χ0) is 6.69. The van der Waals surface area contributed by atoms with Gasteiger partial charge in [-0.15, -0.1) is 0 Å². The van der Waals surface area contributed by atoms with Crippen LogP contribution in [0.2, 0.25) is 0 Å². The predicted molar refractivity (Wildman–Crippen MR) is 39.1 cm³/mol. The van der Waals surface area contributed by atoms with Crippen molar-refractivity contribution in [1.82, 2.24) is 5.23 Å². The van der Waals surface area contributed by atoms with E-state index < -0.39 is 0 Å². The maximum Gasteiger partial charge on any atom is 0.178 e. The molecule has 9 heavy (non-hydrogen) atoms. The average molecular weight is 124 g/mol. The van der Waals surface area contributed by atoms with E-state index in [0.29, 0.717) is 6.04 Å². The van der Waals surface area contributed by atoms with Crippen molar-refractivity contribution in [2.45, 2.75) is 37.8 Å². The summed E-state index contributed by atoms with van der Waals surface area (Å²) < 4.78 is 0. The van der Waals surface area contributed by atoms with Crippen LogP contribution in [0.5, 0.6) is 0 Å². The van der Waals surface area contributed by atoms with Crippen molar-refractivity contribution in [3.8, 4) is 0 Å². The zero-order valence-electron chi connectivity index (χ0n) is 5.64. The van der Waals surface area contributed by atoms with Gasteiger partial charge in [0.25, 0.3) is 0 Å². The molecule has 0 heterocycles. The largest absolute Gasteiger partial charge is 0.362 e. The van der Waals surface area contributed by atoms with Gasteiger partial charge in [0.2, 0.25) is 0 Å². The second-order valence-electron chi connectivity index (χ2n) is 2.72. The SMILES string of the molecule is [B]N[C@@H]1CCCC[C@H]1N. The summed E-state index contributed by atoms with van der Waals surface area (Å²) in [5.74, 6) is 0. The third-order valence-corrected chi connectivity index (χ3v) is 2.03. The second-order valence-corrected chi connectivity index (χ2v) is 2.72. The van der Waals surface area contributed by atoms with Crippen LogP contribution in [0.15, 0.2) is 0 Å². The van der Waals surface area contributed by atoms with Crippen molar-refractivity contribution < 1.29 is 0 Å². The molecule has 2 atom stereocenters. The highest BCUT2D eigenvalue weighted by Gasteiger charge is 2.18. The minimum atomic E-state index is 0.281. The first-order valence-electron chi connectivity index (χ1n) is 3.56. The van der Waals surface area contributed by atoms with Crippen molar-refractivity contribution in [2.75, 3.05) is 0 Å². The standard InChI is InChI=1S/C6H13BN2/c7-9-6-4-2-1-3-5(6)8/h5-6,9H,1-4,8H2/t5-,6-/m1/s1. The normalized spacial score (nSPS) is 36.6. The molecule has 0 aromatic heterocycles. The summed E-state index contributed by atoms with van der Waals surface area (Å²) >= 11 is 0. The smallest absolute Gasteiger partial charge is 0.178 e. The van der Waals surface area contributed by atoms with Crippen molar-refractivity contribution in [1.29, 1.82) is 0 Å². The van der Waals surface area contributed by atoms with E-state index >= 15 is 0 Å². The van der Waals surface area contributed by atoms with Crippen LogP contribution in [0.4, 0.5) is 0 Å².